The minimum absolute atomic E-state index is 0.0929. The van der Waals surface area contributed by atoms with Crippen LogP contribution in [-0.4, -0.2) is 35.3 Å². The zero-order chi connectivity index (χ0) is 13.7. The van der Waals surface area contributed by atoms with Crippen molar-refractivity contribution in [3.63, 3.8) is 0 Å². The number of nitrogens with two attached hydrogens (primary N) is 1. The Balaban J connectivity index is 1.92. The molecule has 0 aromatic carbocycles. The molecule has 1 aliphatic heterocycles. The third kappa shape index (κ3) is 3.76. The molecule has 2 heterocycles. The van der Waals surface area contributed by atoms with E-state index in [2.05, 4.69) is 22.0 Å². The summed E-state index contributed by atoms with van der Waals surface area (Å²) in [6.07, 6.45) is 8.90. The molecule has 0 bridgehead atoms. The fraction of sp³-hybridized carbons (Fsp3) is 0.333. The second-order valence-corrected chi connectivity index (χ2v) is 4.66. The lowest BCUT2D eigenvalue weighted by molar-refractivity contribution is 0.0936. The van der Waals surface area contributed by atoms with Crippen LogP contribution in [0.4, 0.5) is 5.82 Å². The summed E-state index contributed by atoms with van der Waals surface area (Å²) in [5.41, 5.74) is 7.48. The van der Waals surface area contributed by atoms with Gasteiger partial charge in [0.2, 0.25) is 0 Å². The zero-order valence-corrected chi connectivity index (χ0v) is 11.2. The average molecular weight is 257 g/mol. The number of nitrogens with zero attached hydrogens (tertiary/aromatic N) is 2. The molecule has 0 saturated heterocycles. The summed E-state index contributed by atoms with van der Waals surface area (Å²) in [5, 5.41) is 0. The van der Waals surface area contributed by atoms with Gasteiger partial charge < -0.3 is 5.73 Å². The minimum Gasteiger partial charge on any atom is -0.384 e. The van der Waals surface area contributed by atoms with Gasteiger partial charge in [-0.15, -0.1) is 0 Å². The molecular weight excluding hydrogens is 238 g/mol. The number of hydrogen-bond donors (Lipinski definition) is 1. The van der Waals surface area contributed by atoms with Crippen molar-refractivity contribution in [3.05, 3.63) is 47.7 Å². The first-order valence-corrected chi connectivity index (χ1v) is 6.48. The molecule has 0 aliphatic carbocycles. The van der Waals surface area contributed by atoms with Crippen LogP contribution in [0.3, 0.4) is 0 Å². The van der Waals surface area contributed by atoms with Crippen molar-refractivity contribution in [2.75, 3.05) is 25.4 Å². The van der Waals surface area contributed by atoms with E-state index in [1.807, 2.05) is 13.0 Å². The highest BCUT2D eigenvalue weighted by Crippen LogP contribution is 2.12. The fourth-order valence-electron chi connectivity index (χ4n) is 2.10. The molecule has 0 atom stereocenters. The number of carbonyl (C=O) groups excluding carboxylic acids is 1. The molecule has 0 unspecified atom stereocenters. The first-order chi connectivity index (χ1) is 9.19. The maximum Gasteiger partial charge on any atom is 0.178 e. The molecule has 2 N–H and O–H groups in total. The van der Waals surface area contributed by atoms with Crippen molar-refractivity contribution < 1.29 is 4.79 Å². The predicted molar refractivity (Wildman–Crippen MR) is 76.9 cm³/mol. The van der Waals surface area contributed by atoms with E-state index in [9.17, 15) is 4.79 Å². The molecule has 1 aromatic rings. The summed E-state index contributed by atoms with van der Waals surface area (Å²) in [7, 11) is 0. The molecule has 1 aliphatic rings. The van der Waals surface area contributed by atoms with Gasteiger partial charge in [-0.1, -0.05) is 18.2 Å². The highest BCUT2D eigenvalue weighted by atomic mass is 16.1. The summed E-state index contributed by atoms with van der Waals surface area (Å²) in [6.45, 7) is 4.20. The summed E-state index contributed by atoms with van der Waals surface area (Å²) in [5.74, 6) is 0.531. The molecule has 2 rings (SSSR count). The molecule has 4 heteroatoms. The Hall–Kier alpha value is -1.94. The van der Waals surface area contributed by atoms with Crippen LogP contribution in [0.25, 0.3) is 0 Å². The maximum atomic E-state index is 12.1. The van der Waals surface area contributed by atoms with Crippen molar-refractivity contribution >= 4 is 11.6 Å². The number of carbonyl (C=O) groups is 1. The smallest absolute Gasteiger partial charge is 0.178 e. The number of Topliss-reactive ketones (excluding diaryl/α,β-unsaturated/α-hetero) is 1. The Labute approximate surface area is 113 Å². The predicted octanol–water partition coefficient (Wildman–Crippen LogP) is 2.05. The van der Waals surface area contributed by atoms with Gasteiger partial charge in [-0.3, -0.25) is 9.69 Å². The maximum absolute atomic E-state index is 12.1. The fourth-order valence-corrected chi connectivity index (χ4v) is 2.10. The van der Waals surface area contributed by atoms with Crippen LogP contribution >= 0.6 is 0 Å². The molecule has 4 nitrogen and oxygen atoms in total. The van der Waals surface area contributed by atoms with Crippen LogP contribution in [0, 0.1) is 0 Å². The van der Waals surface area contributed by atoms with E-state index in [1.165, 1.54) is 5.57 Å². The molecular formula is C15H19N3O. The molecule has 0 fully saturated rings. The normalized spacial score (nSPS) is 16.6. The van der Waals surface area contributed by atoms with Gasteiger partial charge in [-0.25, -0.2) is 4.98 Å². The van der Waals surface area contributed by atoms with E-state index in [0.717, 1.165) is 19.5 Å². The highest BCUT2D eigenvalue weighted by molar-refractivity contribution is 5.97. The number of aromatic nitrogens is 1. The van der Waals surface area contributed by atoms with Crippen LogP contribution < -0.4 is 5.73 Å². The number of hydrogen-bond acceptors (Lipinski definition) is 4. The summed E-state index contributed by atoms with van der Waals surface area (Å²) in [6, 6.07) is 3.39. The number of allylic oxidation sites excluding steroid dienone is 2. The summed E-state index contributed by atoms with van der Waals surface area (Å²) < 4.78 is 0. The number of rotatable bonds is 4. The van der Waals surface area contributed by atoms with Crippen molar-refractivity contribution in [1.82, 2.24) is 9.88 Å². The van der Waals surface area contributed by atoms with E-state index in [0.29, 0.717) is 17.9 Å². The van der Waals surface area contributed by atoms with Gasteiger partial charge >= 0.3 is 0 Å². The first-order valence-electron chi connectivity index (χ1n) is 6.48. The van der Waals surface area contributed by atoms with Gasteiger partial charge in [0.05, 0.1) is 6.54 Å². The van der Waals surface area contributed by atoms with Crippen LogP contribution in [0.5, 0.6) is 0 Å². The minimum atomic E-state index is 0.0929. The lowest BCUT2D eigenvalue weighted by Crippen LogP contribution is -2.33. The molecule has 0 spiro atoms. The molecule has 100 valence electrons. The Kier molecular flexibility index (Phi) is 4.47. The Morgan fingerprint density at radius 2 is 2.37 bits per heavy atom. The molecule has 0 radical (unpaired) electrons. The van der Waals surface area contributed by atoms with Gasteiger partial charge in [0.25, 0.3) is 0 Å². The van der Waals surface area contributed by atoms with Crippen LogP contribution in [0.2, 0.25) is 0 Å². The summed E-state index contributed by atoms with van der Waals surface area (Å²) >= 11 is 0. The second-order valence-electron chi connectivity index (χ2n) is 4.66. The van der Waals surface area contributed by atoms with E-state index >= 15 is 0 Å². The van der Waals surface area contributed by atoms with Crippen LogP contribution in [0.15, 0.2) is 42.1 Å². The number of nitrogen functional groups attached to an aromatic ring is 1. The van der Waals surface area contributed by atoms with E-state index in [-0.39, 0.29) is 5.78 Å². The molecule has 1 aromatic heterocycles. The van der Waals surface area contributed by atoms with Gasteiger partial charge in [-0.05, 0) is 31.1 Å². The largest absolute Gasteiger partial charge is 0.384 e. The lowest BCUT2D eigenvalue weighted by Gasteiger charge is -2.24. The van der Waals surface area contributed by atoms with E-state index in [1.54, 1.807) is 18.3 Å². The lowest BCUT2D eigenvalue weighted by atomic mass is 10.1. The highest BCUT2D eigenvalue weighted by Gasteiger charge is 2.15. The van der Waals surface area contributed by atoms with Gasteiger partial charge in [-0.2, -0.15) is 0 Å². The Bertz CT molecular complexity index is 503. The van der Waals surface area contributed by atoms with Gasteiger partial charge in [0.15, 0.2) is 5.78 Å². The Morgan fingerprint density at radius 3 is 2.95 bits per heavy atom. The van der Waals surface area contributed by atoms with Gasteiger partial charge in [0.1, 0.15) is 5.82 Å². The third-order valence-corrected chi connectivity index (χ3v) is 3.18. The van der Waals surface area contributed by atoms with Crippen molar-refractivity contribution in [2.45, 2.75) is 13.3 Å². The topological polar surface area (TPSA) is 59.2 Å². The number of pyridine rings is 1. The summed E-state index contributed by atoms with van der Waals surface area (Å²) in [4.78, 5) is 18.2. The average Bonchev–Trinajstić information content (AvgIpc) is 2.42. The second kappa shape index (κ2) is 6.29. The standard InChI is InChI=1S/C15H19N3O/c1-2-3-12-6-8-18(9-7-12)11-14(19)13-4-5-15(16)17-10-13/h2-6,10H,7-9,11H2,1H3,(H2,16,17)/b3-2+. The van der Waals surface area contributed by atoms with E-state index in [4.69, 9.17) is 5.73 Å². The molecule has 0 amide bonds. The monoisotopic (exact) mass is 257 g/mol. The number of ketones is 1. The first kappa shape index (κ1) is 13.5. The third-order valence-electron chi connectivity index (χ3n) is 3.18. The van der Waals surface area contributed by atoms with Crippen LogP contribution in [0.1, 0.15) is 23.7 Å². The Morgan fingerprint density at radius 1 is 1.53 bits per heavy atom. The SMILES string of the molecule is C/C=C/C1=CCN(CC(=O)c2ccc(N)nc2)CC1. The van der Waals surface area contributed by atoms with E-state index < -0.39 is 0 Å². The molecule has 19 heavy (non-hydrogen) atoms. The molecule has 0 saturated carbocycles. The zero-order valence-electron chi connectivity index (χ0n) is 11.2. The quantitative estimate of drug-likeness (QED) is 0.839. The van der Waals surface area contributed by atoms with Gasteiger partial charge in [0, 0.05) is 24.8 Å². The number of anilines is 1. The van der Waals surface area contributed by atoms with Crippen LogP contribution in [-0.2, 0) is 0 Å². The van der Waals surface area contributed by atoms with Crippen molar-refractivity contribution in [3.8, 4) is 0 Å². The van der Waals surface area contributed by atoms with Crippen molar-refractivity contribution in [2.24, 2.45) is 0 Å². The van der Waals surface area contributed by atoms with Crippen molar-refractivity contribution in [1.29, 1.82) is 0 Å².